The Morgan fingerprint density at radius 1 is 1.21 bits per heavy atom. The van der Waals surface area contributed by atoms with Crippen LogP contribution in [0.2, 0.25) is 0 Å². The lowest BCUT2D eigenvalue weighted by atomic mass is 10.1. The topological polar surface area (TPSA) is 47.6 Å². The summed E-state index contributed by atoms with van der Waals surface area (Å²) in [5.74, 6) is -0.0833. The number of methoxy groups -OCH3 is 1. The molecule has 0 saturated carbocycles. The molecule has 1 amide bonds. The smallest absolute Gasteiger partial charge is 0.387 e. The molecule has 1 N–H and O–H groups in total. The van der Waals surface area contributed by atoms with Gasteiger partial charge in [-0.05, 0) is 48.4 Å². The summed E-state index contributed by atoms with van der Waals surface area (Å²) in [6.45, 7) is -0.844. The Labute approximate surface area is 146 Å². The molecule has 0 radical (unpaired) electrons. The van der Waals surface area contributed by atoms with Crippen LogP contribution in [0.5, 0.6) is 11.5 Å². The highest BCUT2D eigenvalue weighted by molar-refractivity contribution is 9.10. The monoisotopic (exact) mass is 399 g/mol. The van der Waals surface area contributed by atoms with Gasteiger partial charge in [0.25, 0.3) is 5.91 Å². The molecule has 0 aliphatic rings. The molecule has 0 spiro atoms. The van der Waals surface area contributed by atoms with Gasteiger partial charge in [-0.2, -0.15) is 8.78 Å². The molecule has 0 unspecified atom stereocenters. The van der Waals surface area contributed by atoms with Gasteiger partial charge in [-0.15, -0.1) is 0 Å². The lowest BCUT2D eigenvalue weighted by Crippen LogP contribution is -2.23. The first-order valence-electron chi connectivity index (χ1n) is 7.06. The van der Waals surface area contributed by atoms with Gasteiger partial charge in [0.2, 0.25) is 0 Å². The van der Waals surface area contributed by atoms with Crippen molar-refractivity contribution in [3.63, 3.8) is 0 Å². The first kappa shape index (κ1) is 18.2. The Kier molecular flexibility index (Phi) is 6.14. The van der Waals surface area contributed by atoms with Crippen molar-refractivity contribution >= 4 is 21.8 Å². The van der Waals surface area contributed by atoms with E-state index >= 15 is 0 Å². The van der Waals surface area contributed by atoms with Crippen LogP contribution in [0.1, 0.15) is 21.5 Å². The second-order valence-corrected chi connectivity index (χ2v) is 5.92. The predicted octanol–water partition coefficient (Wildman–Crippen LogP) is 4.30. The zero-order valence-corrected chi connectivity index (χ0v) is 14.7. The lowest BCUT2D eigenvalue weighted by molar-refractivity contribution is -0.0512. The summed E-state index contributed by atoms with van der Waals surface area (Å²) < 4.78 is 34.9. The number of ether oxygens (including phenoxy) is 2. The van der Waals surface area contributed by atoms with E-state index in [1.165, 1.54) is 13.2 Å². The van der Waals surface area contributed by atoms with Crippen molar-refractivity contribution in [1.29, 1.82) is 0 Å². The fraction of sp³-hybridized carbons (Fsp3) is 0.235. The van der Waals surface area contributed by atoms with Gasteiger partial charge < -0.3 is 14.8 Å². The van der Waals surface area contributed by atoms with Crippen LogP contribution in [0.15, 0.2) is 40.9 Å². The number of hydrogen-bond acceptors (Lipinski definition) is 3. The highest BCUT2D eigenvalue weighted by Crippen LogP contribution is 2.29. The third-order valence-corrected chi connectivity index (χ3v) is 3.82. The summed E-state index contributed by atoms with van der Waals surface area (Å²) in [6.07, 6.45) is 0. The fourth-order valence-electron chi connectivity index (χ4n) is 2.17. The molecular weight excluding hydrogens is 384 g/mol. The van der Waals surface area contributed by atoms with Crippen molar-refractivity contribution in [1.82, 2.24) is 5.32 Å². The Bertz CT molecular complexity index is 738. The quantitative estimate of drug-likeness (QED) is 0.787. The second kappa shape index (κ2) is 8.10. The molecule has 128 valence electrons. The van der Waals surface area contributed by atoms with Crippen LogP contribution in [0, 0.1) is 6.92 Å². The van der Waals surface area contributed by atoms with Gasteiger partial charge in [-0.3, -0.25) is 4.79 Å². The molecule has 0 bridgehead atoms. The molecule has 24 heavy (non-hydrogen) atoms. The molecule has 0 atom stereocenters. The van der Waals surface area contributed by atoms with Crippen LogP contribution in [0.3, 0.4) is 0 Å². The number of rotatable bonds is 6. The number of alkyl halides is 2. The Balaban J connectivity index is 2.07. The maximum atomic E-state index is 12.3. The Hall–Kier alpha value is -2.15. The Morgan fingerprint density at radius 2 is 1.96 bits per heavy atom. The van der Waals surface area contributed by atoms with E-state index in [2.05, 4.69) is 26.0 Å². The molecular formula is C17H16BrF2NO3. The van der Waals surface area contributed by atoms with Gasteiger partial charge in [0.1, 0.15) is 0 Å². The van der Waals surface area contributed by atoms with Crippen molar-refractivity contribution in [2.24, 2.45) is 0 Å². The van der Waals surface area contributed by atoms with Crippen LogP contribution in [-0.2, 0) is 6.54 Å². The minimum absolute atomic E-state index is 0.0497. The summed E-state index contributed by atoms with van der Waals surface area (Å²) >= 11 is 3.35. The van der Waals surface area contributed by atoms with Gasteiger partial charge in [0.15, 0.2) is 11.5 Å². The summed E-state index contributed by atoms with van der Waals surface area (Å²) in [7, 11) is 1.36. The minimum Gasteiger partial charge on any atom is -0.493 e. The molecule has 2 rings (SSSR count). The van der Waals surface area contributed by atoms with Crippen LogP contribution < -0.4 is 14.8 Å². The standard InChI is InChI=1S/C17H16BrF2NO3/c1-10-7-12(18)4-5-13(10)16(22)21-9-11-3-6-14(24-17(19)20)15(8-11)23-2/h3-8,17H,9H2,1-2H3,(H,21,22). The minimum atomic E-state index is -2.93. The van der Waals surface area contributed by atoms with Gasteiger partial charge in [0.05, 0.1) is 7.11 Å². The largest absolute Gasteiger partial charge is 0.493 e. The summed E-state index contributed by atoms with van der Waals surface area (Å²) in [4.78, 5) is 12.2. The number of nitrogens with one attached hydrogen (secondary N) is 1. The highest BCUT2D eigenvalue weighted by atomic mass is 79.9. The first-order valence-corrected chi connectivity index (χ1v) is 7.86. The normalized spacial score (nSPS) is 10.6. The highest BCUT2D eigenvalue weighted by Gasteiger charge is 2.12. The van der Waals surface area contributed by atoms with Crippen molar-refractivity contribution in [3.8, 4) is 11.5 Å². The molecule has 7 heteroatoms. The number of halogens is 3. The van der Waals surface area contributed by atoms with Gasteiger partial charge in [-0.25, -0.2) is 0 Å². The lowest BCUT2D eigenvalue weighted by Gasteiger charge is -2.12. The van der Waals surface area contributed by atoms with E-state index in [4.69, 9.17) is 4.74 Å². The van der Waals surface area contributed by atoms with Gasteiger partial charge in [0, 0.05) is 16.6 Å². The number of amides is 1. The molecule has 2 aromatic rings. The van der Waals surface area contributed by atoms with E-state index in [0.29, 0.717) is 11.1 Å². The first-order chi connectivity index (χ1) is 11.4. The van der Waals surface area contributed by atoms with Crippen molar-refractivity contribution in [2.45, 2.75) is 20.1 Å². The molecule has 0 aliphatic carbocycles. The van der Waals surface area contributed by atoms with Crippen molar-refractivity contribution in [3.05, 3.63) is 57.6 Å². The molecule has 4 nitrogen and oxygen atoms in total. The molecule has 0 saturated heterocycles. The maximum absolute atomic E-state index is 12.3. The fourth-order valence-corrected chi connectivity index (χ4v) is 2.65. The molecule has 2 aromatic carbocycles. The van der Waals surface area contributed by atoms with Crippen LogP contribution in [-0.4, -0.2) is 19.6 Å². The summed E-state index contributed by atoms with van der Waals surface area (Å²) in [6, 6.07) is 9.91. The maximum Gasteiger partial charge on any atom is 0.387 e. The molecule has 0 aliphatic heterocycles. The molecule has 0 aromatic heterocycles. The van der Waals surface area contributed by atoms with Crippen LogP contribution in [0.25, 0.3) is 0 Å². The van der Waals surface area contributed by atoms with Crippen molar-refractivity contribution in [2.75, 3.05) is 7.11 Å². The van der Waals surface area contributed by atoms with Crippen molar-refractivity contribution < 1.29 is 23.0 Å². The number of carbonyl (C=O) groups is 1. The van der Waals surface area contributed by atoms with E-state index in [1.807, 2.05) is 13.0 Å². The van der Waals surface area contributed by atoms with E-state index in [9.17, 15) is 13.6 Å². The summed E-state index contributed by atoms with van der Waals surface area (Å²) in [5, 5.41) is 2.79. The average Bonchev–Trinajstić information content (AvgIpc) is 2.53. The number of aryl methyl sites for hydroxylation is 1. The van der Waals surface area contributed by atoms with E-state index in [-0.39, 0.29) is 24.0 Å². The third kappa shape index (κ3) is 4.67. The second-order valence-electron chi connectivity index (χ2n) is 5.01. The summed E-state index contributed by atoms with van der Waals surface area (Å²) in [5.41, 5.74) is 2.12. The van der Waals surface area contributed by atoms with E-state index in [1.54, 1.807) is 24.3 Å². The molecule has 0 fully saturated rings. The molecule has 0 heterocycles. The van der Waals surface area contributed by atoms with Crippen LogP contribution in [0.4, 0.5) is 8.78 Å². The Morgan fingerprint density at radius 3 is 2.58 bits per heavy atom. The van der Waals surface area contributed by atoms with E-state index in [0.717, 1.165) is 10.0 Å². The average molecular weight is 400 g/mol. The number of benzene rings is 2. The van der Waals surface area contributed by atoms with Gasteiger partial charge >= 0.3 is 6.61 Å². The SMILES string of the molecule is COc1cc(CNC(=O)c2ccc(Br)cc2C)ccc1OC(F)F. The third-order valence-electron chi connectivity index (χ3n) is 3.33. The van der Waals surface area contributed by atoms with E-state index < -0.39 is 6.61 Å². The number of hydrogen-bond donors (Lipinski definition) is 1. The zero-order valence-electron chi connectivity index (χ0n) is 13.1. The van der Waals surface area contributed by atoms with Gasteiger partial charge in [-0.1, -0.05) is 22.0 Å². The van der Waals surface area contributed by atoms with Crippen LogP contribution >= 0.6 is 15.9 Å². The number of carbonyl (C=O) groups excluding carboxylic acids is 1. The predicted molar refractivity (Wildman–Crippen MR) is 89.7 cm³/mol. The zero-order chi connectivity index (χ0) is 17.7.